The fourth-order valence-corrected chi connectivity index (χ4v) is 4.75. The maximum atomic E-state index is 13.6. The number of carbonyl (C=O) groups is 1. The molecule has 4 aromatic rings. The highest BCUT2D eigenvalue weighted by atomic mass is 19.1. The lowest BCUT2D eigenvalue weighted by atomic mass is 10.1. The van der Waals surface area contributed by atoms with Crippen molar-refractivity contribution in [3.63, 3.8) is 0 Å². The first-order valence-corrected chi connectivity index (χ1v) is 12.0. The van der Waals surface area contributed by atoms with Crippen LogP contribution in [-0.4, -0.2) is 29.7 Å². The maximum absolute atomic E-state index is 13.6. The zero-order valence-electron chi connectivity index (χ0n) is 20.3. The van der Waals surface area contributed by atoms with Crippen LogP contribution < -0.4 is 14.8 Å². The van der Waals surface area contributed by atoms with E-state index >= 15 is 0 Å². The molecule has 7 nitrogen and oxygen atoms in total. The molecule has 186 valence electrons. The molecule has 0 bridgehead atoms. The van der Waals surface area contributed by atoms with Gasteiger partial charge in [0, 0.05) is 23.7 Å². The van der Waals surface area contributed by atoms with Crippen LogP contribution in [0.5, 0.6) is 11.5 Å². The molecule has 2 aromatic heterocycles. The SMILES string of the molecule is COc1ccc(OC)c(CNC(=O)c2ccc(-c3c(-c4ccc(F)cc4)ncn3C3CCCC3)o2)c1. The van der Waals surface area contributed by atoms with Crippen LogP contribution in [0.25, 0.3) is 22.7 Å². The number of carbonyl (C=O) groups excluding carboxylic acids is 1. The van der Waals surface area contributed by atoms with Gasteiger partial charge in [-0.15, -0.1) is 0 Å². The molecule has 1 saturated carbocycles. The minimum absolute atomic E-state index is 0.191. The molecule has 2 heterocycles. The number of halogens is 1. The number of benzene rings is 2. The Balaban J connectivity index is 1.42. The fourth-order valence-electron chi connectivity index (χ4n) is 4.75. The molecule has 0 saturated heterocycles. The number of rotatable bonds is 8. The molecule has 0 radical (unpaired) electrons. The van der Waals surface area contributed by atoms with Crippen LogP contribution in [0.1, 0.15) is 47.8 Å². The smallest absolute Gasteiger partial charge is 0.287 e. The molecule has 1 fully saturated rings. The lowest BCUT2D eigenvalue weighted by Crippen LogP contribution is -2.22. The number of hydrogen-bond acceptors (Lipinski definition) is 5. The lowest BCUT2D eigenvalue weighted by Gasteiger charge is -2.15. The van der Waals surface area contributed by atoms with Gasteiger partial charge < -0.3 is 23.8 Å². The van der Waals surface area contributed by atoms with Crippen LogP contribution in [0.15, 0.2) is 65.3 Å². The van der Waals surface area contributed by atoms with E-state index in [-0.39, 0.29) is 24.0 Å². The third-order valence-corrected chi connectivity index (χ3v) is 6.62. The van der Waals surface area contributed by atoms with Crippen molar-refractivity contribution in [2.75, 3.05) is 14.2 Å². The summed E-state index contributed by atoms with van der Waals surface area (Å²) in [7, 11) is 3.17. The Hall–Kier alpha value is -4.07. The summed E-state index contributed by atoms with van der Waals surface area (Å²) in [6.45, 7) is 0.246. The van der Waals surface area contributed by atoms with Gasteiger partial charge in [-0.2, -0.15) is 0 Å². The second-order valence-electron chi connectivity index (χ2n) is 8.82. The van der Waals surface area contributed by atoms with Gasteiger partial charge in [-0.25, -0.2) is 9.37 Å². The third-order valence-electron chi connectivity index (χ3n) is 6.62. The van der Waals surface area contributed by atoms with Crippen LogP contribution in [0.4, 0.5) is 4.39 Å². The minimum Gasteiger partial charge on any atom is -0.497 e. The van der Waals surface area contributed by atoms with Crippen molar-refractivity contribution in [1.82, 2.24) is 14.9 Å². The molecule has 0 unspecified atom stereocenters. The standard InChI is InChI=1S/C28H28FN3O4/c1-34-22-11-12-23(35-2)19(15-22)16-30-28(33)25-14-13-24(36-25)27-26(18-7-9-20(29)10-8-18)31-17-32(27)21-5-3-4-6-21/h7-15,17,21H,3-6,16H2,1-2H3,(H,30,33). The molecule has 36 heavy (non-hydrogen) atoms. The molecule has 1 N–H and O–H groups in total. The van der Waals surface area contributed by atoms with Crippen molar-refractivity contribution >= 4 is 5.91 Å². The van der Waals surface area contributed by atoms with E-state index in [4.69, 9.17) is 13.9 Å². The van der Waals surface area contributed by atoms with E-state index in [0.29, 0.717) is 29.0 Å². The van der Waals surface area contributed by atoms with E-state index in [1.54, 1.807) is 50.6 Å². The molecule has 1 aliphatic carbocycles. The van der Waals surface area contributed by atoms with Gasteiger partial charge in [0.1, 0.15) is 23.0 Å². The predicted octanol–water partition coefficient (Wildman–Crippen LogP) is 6.01. The van der Waals surface area contributed by atoms with Gasteiger partial charge in [-0.3, -0.25) is 4.79 Å². The van der Waals surface area contributed by atoms with E-state index in [1.165, 1.54) is 12.1 Å². The van der Waals surface area contributed by atoms with Crippen LogP contribution in [0.3, 0.4) is 0 Å². The van der Waals surface area contributed by atoms with Gasteiger partial charge in [0.15, 0.2) is 11.5 Å². The Morgan fingerprint density at radius 3 is 2.58 bits per heavy atom. The summed E-state index contributed by atoms with van der Waals surface area (Å²) in [5, 5.41) is 2.89. The van der Waals surface area contributed by atoms with Gasteiger partial charge in [0.25, 0.3) is 5.91 Å². The van der Waals surface area contributed by atoms with Gasteiger partial charge >= 0.3 is 0 Å². The summed E-state index contributed by atoms with van der Waals surface area (Å²) in [5.74, 6) is 1.41. The highest BCUT2D eigenvalue weighted by Crippen LogP contribution is 2.39. The number of imidazole rings is 1. The topological polar surface area (TPSA) is 78.5 Å². The number of ether oxygens (including phenoxy) is 2. The number of methoxy groups -OCH3 is 2. The molecule has 0 aliphatic heterocycles. The van der Waals surface area contributed by atoms with Crippen molar-refractivity contribution in [2.24, 2.45) is 0 Å². The van der Waals surface area contributed by atoms with Crippen LogP contribution in [0.2, 0.25) is 0 Å². The number of nitrogens with zero attached hydrogens (tertiary/aromatic N) is 2. The van der Waals surface area contributed by atoms with Crippen molar-refractivity contribution < 1.29 is 23.1 Å². The largest absolute Gasteiger partial charge is 0.497 e. The number of furan rings is 1. The molecule has 1 amide bonds. The zero-order chi connectivity index (χ0) is 25.1. The first-order chi connectivity index (χ1) is 17.6. The average Bonchev–Trinajstić information content (AvgIpc) is 3.67. The van der Waals surface area contributed by atoms with Crippen LogP contribution in [-0.2, 0) is 6.54 Å². The normalized spacial score (nSPS) is 13.6. The predicted molar refractivity (Wildman–Crippen MR) is 134 cm³/mol. The molecule has 1 aliphatic rings. The Bertz CT molecular complexity index is 1350. The molecule has 8 heteroatoms. The van der Waals surface area contributed by atoms with E-state index in [1.807, 2.05) is 12.4 Å². The van der Waals surface area contributed by atoms with E-state index in [2.05, 4.69) is 14.9 Å². The first kappa shape index (κ1) is 23.7. The van der Waals surface area contributed by atoms with Crippen LogP contribution >= 0.6 is 0 Å². The fraction of sp³-hybridized carbons (Fsp3) is 0.286. The first-order valence-electron chi connectivity index (χ1n) is 12.0. The van der Waals surface area contributed by atoms with Crippen molar-refractivity contribution in [3.8, 4) is 34.2 Å². The lowest BCUT2D eigenvalue weighted by molar-refractivity contribution is 0.0923. The summed E-state index contributed by atoms with van der Waals surface area (Å²) in [5.41, 5.74) is 3.07. The Morgan fingerprint density at radius 2 is 1.86 bits per heavy atom. The average molecular weight is 490 g/mol. The highest BCUT2D eigenvalue weighted by molar-refractivity contribution is 5.92. The zero-order valence-corrected chi connectivity index (χ0v) is 20.3. The van der Waals surface area contributed by atoms with Crippen molar-refractivity contribution in [2.45, 2.75) is 38.3 Å². The van der Waals surface area contributed by atoms with Gasteiger partial charge in [0.2, 0.25) is 0 Å². The Kier molecular flexibility index (Phi) is 6.75. The number of nitrogens with one attached hydrogen (secondary N) is 1. The summed E-state index contributed by atoms with van der Waals surface area (Å²) < 4.78 is 32.4. The van der Waals surface area contributed by atoms with E-state index in [0.717, 1.165) is 42.5 Å². The quantitative estimate of drug-likeness (QED) is 0.328. The molecule has 0 atom stereocenters. The summed E-state index contributed by atoms with van der Waals surface area (Å²) in [6, 6.07) is 15.4. The summed E-state index contributed by atoms with van der Waals surface area (Å²) in [6.07, 6.45) is 6.26. The van der Waals surface area contributed by atoms with Gasteiger partial charge in [-0.1, -0.05) is 12.8 Å². The Morgan fingerprint density at radius 1 is 1.08 bits per heavy atom. The maximum Gasteiger partial charge on any atom is 0.287 e. The second-order valence-corrected chi connectivity index (χ2v) is 8.82. The van der Waals surface area contributed by atoms with Crippen molar-refractivity contribution in [1.29, 1.82) is 0 Å². The summed E-state index contributed by atoms with van der Waals surface area (Å²) in [4.78, 5) is 17.6. The number of hydrogen-bond donors (Lipinski definition) is 1. The molecule has 5 rings (SSSR count). The van der Waals surface area contributed by atoms with E-state index in [9.17, 15) is 9.18 Å². The molecular weight excluding hydrogens is 461 g/mol. The molecule has 2 aromatic carbocycles. The molecular formula is C28H28FN3O4. The second kappa shape index (κ2) is 10.3. The molecule has 0 spiro atoms. The van der Waals surface area contributed by atoms with Gasteiger partial charge in [-0.05, 0) is 67.4 Å². The third kappa shape index (κ3) is 4.71. The van der Waals surface area contributed by atoms with Gasteiger partial charge in [0.05, 0.1) is 26.2 Å². The Labute approximate surface area is 208 Å². The minimum atomic E-state index is -0.346. The monoisotopic (exact) mass is 489 g/mol. The summed E-state index contributed by atoms with van der Waals surface area (Å²) >= 11 is 0. The van der Waals surface area contributed by atoms with Crippen LogP contribution in [0, 0.1) is 5.82 Å². The number of aromatic nitrogens is 2. The van der Waals surface area contributed by atoms with Crippen molar-refractivity contribution in [3.05, 3.63) is 78.1 Å². The van der Waals surface area contributed by atoms with E-state index < -0.39 is 0 Å². The number of amides is 1. The highest BCUT2D eigenvalue weighted by Gasteiger charge is 2.26.